The molecule has 0 aliphatic carbocycles. The Labute approximate surface area is 169 Å². The molecule has 29 heavy (non-hydrogen) atoms. The van der Waals surface area contributed by atoms with Crippen LogP contribution in [0.15, 0.2) is 54.6 Å². The second-order valence-corrected chi connectivity index (χ2v) is 7.23. The molecule has 0 fully saturated rings. The fraction of sp³-hybridized carbons (Fsp3) is 0.261. The maximum absolute atomic E-state index is 12.7. The number of rotatable bonds is 7. The number of nitrogens with one attached hydrogen (secondary N) is 1. The molecule has 6 nitrogen and oxygen atoms in total. The number of hydrogen-bond donors (Lipinski definition) is 2. The van der Waals surface area contributed by atoms with Crippen LogP contribution in [0.5, 0.6) is 5.75 Å². The van der Waals surface area contributed by atoms with Gasteiger partial charge in [-0.2, -0.15) is 0 Å². The number of phenols is 1. The average molecular weight is 392 g/mol. The minimum absolute atomic E-state index is 0.151. The Kier molecular flexibility index (Phi) is 6.44. The summed E-state index contributed by atoms with van der Waals surface area (Å²) in [5, 5.41) is 12.9. The summed E-state index contributed by atoms with van der Waals surface area (Å²) in [5.74, 6) is -0.268. The van der Waals surface area contributed by atoms with Crippen LogP contribution in [0.2, 0.25) is 0 Å². The SMILES string of the molecule is CC(C)CCNC(=O)COC(=O)c1cc(-c2ccc(O)cc2)nc2ccccc12. The predicted molar refractivity (Wildman–Crippen MR) is 112 cm³/mol. The number of ether oxygens (including phenoxy) is 1. The molecule has 0 saturated carbocycles. The molecule has 2 N–H and O–H groups in total. The molecule has 6 heteroatoms. The van der Waals surface area contributed by atoms with Gasteiger partial charge in [0.25, 0.3) is 5.91 Å². The van der Waals surface area contributed by atoms with E-state index in [0.29, 0.717) is 34.6 Å². The van der Waals surface area contributed by atoms with E-state index in [0.717, 1.165) is 12.0 Å². The lowest BCUT2D eigenvalue weighted by Gasteiger charge is -2.11. The number of carbonyl (C=O) groups excluding carboxylic acids is 2. The predicted octanol–water partition coefficient (Wildman–Crippen LogP) is 3.93. The van der Waals surface area contributed by atoms with Crippen molar-refractivity contribution in [3.8, 4) is 17.0 Å². The zero-order valence-electron chi connectivity index (χ0n) is 16.5. The van der Waals surface area contributed by atoms with E-state index in [1.54, 1.807) is 36.4 Å². The highest BCUT2D eigenvalue weighted by molar-refractivity contribution is 6.05. The number of nitrogens with zero attached hydrogens (tertiary/aromatic N) is 1. The van der Waals surface area contributed by atoms with Crippen molar-refractivity contribution >= 4 is 22.8 Å². The molecule has 0 unspecified atom stereocenters. The first-order chi connectivity index (χ1) is 13.9. The van der Waals surface area contributed by atoms with Gasteiger partial charge >= 0.3 is 5.97 Å². The third-order valence-corrected chi connectivity index (χ3v) is 4.48. The summed E-state index contributed by atoms with van der Waals surface area (Å²) in [6, 6.07) is 15.5. The van der Waals surface area contributed by atoms with Gasteiger partial charge in [-0.15, -0.1) is 0 Å². The van der Waals surface area contributed by atoms with Gasteiger partial charge in [0.05, 0.1) is 16.8 Å². The Morgan fingerprint density at radius 3 is 2.55 bits per heavy atom. The Morgan fingerprint density at radius 2 is 1.83 bits per heavy atom. The lowest BCUT2D eigenvalue weighted by molar-refractivity contribution is -0.124. The molecule has 0 aliphatic heterocycles. The number of aromatic hydroxyl groups is 1. The van der Waals surface area contributed by atoms with Crippen LogP contribution in [0.25, 0.3) is 22.2 Å². The number of phenolic OH excluding ortho intramolecular Hbond substituents is 1. The molecule has 0 bridgehead atoms. The minimum Gasteiger partial charge on any atom is -0.508 e. The van der Waals surface area contributed by atoms with E-state index in [9.17, 15) is 14.7 Å². The Morgan fingerprint density at radius 1 is 1.10 bits per heavy atom. The summed E-state index contributed by atoms with van der Waals surface area (Å²) in [4.78, 5) is 29.2. The van der Waals surface area contributed by atoms with Crippen molar-refractivity contribution in [3.05, 3.63) is 60.2 Å². The second-order valence-electron chi connectivity index (χ2n) is 7.23. The van der Waals surface area contributed by atoms with Gasteiger partial charge in [-0.1, -0.05) is 32.0 Å². The topological polar surface area (TPSA) is 88.5 Å². The van der Waals surface area contributed by atoms with Crippen LogP contribution in [0.1, 0.15) is 30.6 Å². The Hall–Kier alpha value is -3.41. The van der Waals surface area contributed by atoms with E-state index in [4.69, 9.17) is 4.74 Å². The van der Waals surface area contributed by atoms with Crippen molar-refractivity contribution in [3.63, 3.8) is 0 Å². The van der Waals surface area contributed by atoms with Crippen molar-refractivity contribution in [2.45, 2.75) is 20.3 Å². The maximum atomic E-state index is 12.7. The van der Waals surface area contributed by atoms with Gasteiger partial charge in [0.15, 0.2) is 6.61 Å². The van der Waals surface area contributed by atoms with E-state index in [1.165, 1.54) is 0 Å². The molecule has 2 aromatic carbocycles. The van der Waals surface area contributed by atoms with Crippen molar-refractivity contribution in [1.29, 1.82) is 0 Å². The molecule has 1 aromatic heterocycles. The first-order valence-electron chi connectivity index (χ1n) is 9.57. The third kappa shape index (κ3) is 5.31. The fourth-order valence-corrected chi connectivity index (χ4v) is 2.88. The molecule has 0 aliphatic rings. The van der Waals surface area contributed by atoms with E-state index < -0.39 is 5.97 Å². The number of carbonyl (C=O) groups is 2. The van der Waals surface area contributed by atoms with Crippen molar-refractivity contribution in [2.24, 2.45) is 5.92 Å². The first kappa shape index (κ1) is 20.3. The molecule has 1 heterocycles. The summed E-state index contributed by atoms with van der Waals surface area (Å²) in [6.07, 6.45) is 0.866. The van der Waals surface area contributed by atoms with E-state index in [1.807, 2.05) is 18.2 Å². The molecule has 150 valence electrons. The number of para-hydroxylation sites is 1. The molecule has 0 saturated heterocycles. The Bertz CT molecular complexity index is 1010. The molecule has 3 rings (SSSR count). The minimum atomic E-state index is -0.581. The standard InChI is InChI=1S/C23H24N2O4/c1-15(2)11-12-24-22(27)14-29-23(28)19-13-21(16-7-9-17(26)10-8-16)25-20-6-4-3-5-18(19)20/h3-10,13,15,26H,11-12,14H2,1-2H3,(H,24,27). The van der Waals surface area contributed by atoms with Crippen LogP contribution in [0, 0.1) is 5.92 Å². The van der Waals surface area contributed by atoms with Crippen LogP contribution in [-0.2, 0) is 9.53 Å². The highest BCUT2D eigenvalue weighted by Crippen LogP contribution is 2.26. The smallest absolute Gasteiger partial charge is 0.339 e. The monoisotopic (exact) mass is 392 g/mol. The van der Waals surface area contributed by atoms with Crippen LogP contribution >= 0.6 is 0 Å². The normalized spacial score (nSPS) is 10.9. The summed E-state index contributed by atoms with van der Waals surface area (Å²) in [6.45, 7) is 4.37. The molecular formula is C23H24N2O4. The first-order valence-corrected chi connectivity index (χ1v) is 9.57. The van der Waals surface area contributed by atoms with Crippen LogP contribution in [0.4, 0.5) is 0 Å². The number of esters is 1. The van der Waals surface area contributed by atoms with Gasteiger partial charge in [-0.25, -0.2) is 9.78 Å². The Balaban J connectivity index is 1.81. The van der Waals surface area contributed by atoms with Crippen LogP contribution < -0.4 is 5.32 Å². The third-order valence-electron chi connectivity index (χ3n) is 4.48. The highest BCUT2D eigenvalue weighted by Gasteiger charge is 2.16. The average Bonchev–Trinajstić information content (AvgIpc) is 2.71. The summed E-state index contributed by atoms with van der Waals surface area (Å²) < 4.78 is 5.25. The van der Waals surface area contributed by atoms with Crippen molar-refractivity contribution < 1.29 is 19.4 Å². The van der Waals surface area contributed by atoms with E-state index >= 15 is 0 Å². The van der Waals surface area contributed by atoms with Crippen molar-refractivity contribution in [2.75, 3.05) is 13.2 Å². The van der Waals surface area contributed by atoms with Crippen LogP contribution in [-0.4, -0.2) is 35.1 Å². The molecule has 0 atom stereocenters. The number of aromatic nitrogens is 1. The maximum Gasteiger partial charge on any atom is 0.339 e. The number of amides is 1. The van der Waals surface area contributed by atoms with E-state index in [2.05, 4.69) is 24.1 Å². The molecule has 3 aromatic rings. The molecular weight excluding hydrogens is 368 g/mol. The largest absolute Gasteiger partial charge is 0.508 e. The van der Waals surface area contributed by atoms with E-state index in [-0.39, 0.29) is 18.3 Å². The number of benzene rings is 2. The summed E-state index contributed by atoms with van der Waals surface area (Å²) in [7, 11) is 0. The number of pyridine rings is 1. The molecule has 0 spiro atoms. The second kappa shape index (κ2) is 9.19. The van der Waals surface area contributed by atoms with Gasteiger partial charge in [0.2, 0.25) is 0 Å². The highest BCUT2D eigenvalue weighted by atomic mass is 16.5. The van der Waals surface area contributed by atoms with Crippen molar-refractivity contribution in [1.82, 2.24) is 10.3 Å². The van der Waals surface area contributed by atoms with Gasteiger partial charge in [0.1, 0.15) is 5.75 Å². The zero-order chi connectivity index (χ0) is 20.8. The van der Waals surface area contributed by atoms with Gasteiger partial charge in [-0.05, 0) is 48.7 Å². The zero-order valence-corrected chi connectivity index (χ0v) is 16.5. The lowest BCUT2D eigenvalue weighted by atomic mass is 10.0. The summed E-state index contributed by atoms with van der Waals surface area (Å²) >= 11 is 0. The lowest BCUT2D eigenvalue weighted by Crippen LogP contribution is -2.30. The van der Waals surface area contributed by atoms with Crippen LogP contribution in [0.3, 0.4) is 0 Å². The molecule has 1 amide bonds. The van der Waals surface area contributed by atoms with Gasteiger partial charge < -0.3 is 15.2 Å². The summed E-state index contributed by atoms with van der Waals surface area (Å²) in [5.41, 5.74) is 2.33. The molecule has 0 radical (unpaired) electrons. The fourth-order valence-electron chi connectivity index (χ4n) is 2.88. The van der Waals surface area contributed by atoms with Gasteiger partial charge in [-0.3, -0.25) is 4.79 Å². The van der Waals surface area contributed by atoms with Gasteiger partial charge in [0, 0.05) is 17.5 Å². The quantitative estimate of drug-likeness (QED) is 0.595. The number of hydrogen-bond acceptors (Lipinski definition) is 5. The number of fused-ring (bicyclic) bond motifs is 1.